The molecule has 0 saturated heterocycles. The topological polar surface area (TPSA) is 95.7 Å². The average Bonchev–Trinajstić information content (AvgIpc) is 3.47. The molecule has 6 rings (SSSR count). The van der Waals surface area contributed by atoms with Crippen LogP contribution in [0.1, 0.15) is 54.2 Å². The van der Waals surface area contributed by atoms with Gasteiger partial charge in [0, 0.05) is 23.9 Å². The highest BCUT2D eigenvalue weighted by atomic mass is 32.2. The zero-order valence-electron chi connectivity index (χ0n) is 28.2. The Bertz CT molecular complexity index is 1930. The molecule has 2 heterocycles. The van der Waals surface area contributed by atoms with Crippen molar-refractivity contribution in [3.63, 3.8) is 0 Å². The van der Waals surface area contributed by atoms with Crippen molar-refractivity contribution < 1.29 is 19.2 Å². The second-order valence-corrected chi connectivity index (χ2v) is 14.4. The molecule has 1 aliphatic rings. The molecule has 0 aliphatic carbocycles. The Hall–Kier alpha value is -4.53. The molecule has 0 amide bonds. The number of carboxylic acids is 1. The van der Waals surface area contributed by atoms with Gasteiger partial charge in [-0.2, -0.15) is 0 Å². The summed E-state index contributed by atoms with van der Waals surface area (Å²) in [4.78, 5) is 16.5. The third-order valence-electron chi connectivity index (χ3n) is 8.22. The molecule has 47 heavy (non-hydrogen) atoms. The number of hydrogen-bond acceptors (Lipinski definition) is 4. The van der Waals surface area contributed by atoms with Crippen LogP contribution in [0, 0.1) is 20.8 Å². The molecular formula is C39H43N3O4S. The van der Waals surface area contributed by atoms with Gasteiger partial charge in [-0.3, -0.25) is 9.10 Å². The van der Waals surface area contributed by atoms with Gasteiger partial charge in [-0.15, -0.1) is 0 Å². The molecule has 244 valence electrons. The number of imidazole rings is 1. The largest absolute Gasteiger partial charge is 0.481 e. The Morgan fingerprint density at radius 1 is 0.915 bits per heavy atom. The van der Waals surface area contributed by atoms with Gasteiger partial charge in [0.1, 0.15) is 11.0 Å². The van der Waals surface area contributed by atoms with E-state index in [0.717, 1.165) is 67.0 Å². The van der Waals surface area contributed by atoms with Crippen molar-refractivity contribution in [2.75, 3.05) is 10.6 Å². The third kappa shape index (κ3) is 7.56. The molecule has 0 spiro atoms. The summed E-state index contributed by atoms with van der Waals surface area (Å²) in [5, 5.41) is 18.4. The van der Waals surface area contributed by atoms with Gasteiger partial charge < -0.3 is 14.8 Å². The molecular weight excluding hydrogens is 607 g/mol. The van der Waals surface area contributed by atoms with Gasteiger partial charge in [-0.25, -0.2) is 9.19 Å². The quantitative estimate of drug-likeness (QED) is 0.187. The lowest BCUT2D eigenvalue weighted by atomic mass is 9.80. The van der Waals surface area contributed by atoms with Gasteiger partial charge in [0.05, 0.1) is 42.5 Å². The molecule has 1 unspecified atom stereocenters. The summed E-state index contributed by atoms with van der Waals surface area (Å²) >= 11 is 0. The fourth-order valence-corrected chi connectivity index (χ4v) is 7.03. The average molecular weight is 650 g/mol. The number of fused-ring (bicyclic) bond motifs is 3. The Morgan fingerprint density at radius 3 is 2.17 bits per heavy atom. The minimum absolute atomic E-state index is 0.107. The summed E-state index contributed by atoms with van der Waals surface area (Å²) in [6.45, 7) is 12.5. The smallest absolute Gasteiger partial charge is 0.307 e. The molecule has 7 nitrogen and oxygen atoms in total. The first-order valence-corrected chi connectivity index (χ1v) is 17.2. The van der Waals surface area contributed by atoms with E-state index in [1.165, 1.54) is 5.56 Å². The predicted molar refractivity (Wildman–Crippen MR) is 192 cm³/mol. The SMILES string of the molecule is CC(C)(C)O.Cc1ccc(-c2c(C)c3c(c(C)c2CC(=O)O)N(S(C)=O)Cc2cc(-c4cncn4Cc4ccccc4)ccc2-3)cc1. The number of aromatic nitrogens is 2. The zero-order chi connectivity index (χ0) is 34.0. The van der Waals surface area contributed by atoms with E-state index < -0.39 is 22.6 Å². The zero-order valence-corrected chi connectivity index (χ0v) is 29.0. The molecule has 2 N–H and O–H groups in total. The van der Waals surface area contributed by atoms with Gasteiger partial charge >= 0.3 is 5.97 Å². The molecule has 0 saturated carbocycles. The third-order valence-corrected chi connectivity index (χ3v) is 9.15. The summed E-state index contributed by atoms with van der Waals surface area (Å²) in [6.07, 6.45) is 5.33. The van der Waals surface area contributed by atoms with Crippen LogP contribution in [0.3, 0.4) is 0 Å². The van der Waals surface area contributed by atoms with Crippen molar-refractivity contribution in [1.29, 1.82) is 0 Å². The van der Waals surface area contributed by atoms with E-state index in [0.29, 0.717) is 13.1 Å². The number of rotatable bonds is 7. The van der Waals surface area contributed by atoms with E-state index in [1.54, 1.807) is 27.0 Å². The first-order chi connectivity index (χ1) is 22.2. The van der Waals surface area contributed by atoms with Crippen LogP contribution in [0.2, 0.25) is 0 Å². The van der Waals surface area contributed by atoms with Crippen LogP contribution in [0.15, 0.2) is 85.3 Å². The fraction of sp³-hybridized carbons (Fsp3) is 0.282. The number of carboxylic acid groups (broad SMARTS) is 1. The lowest BCUT2D eigenvalue weighted by molar-refractivity contribution is -0.136. The highest BCUT2D eigenvalue weighted by molar-refractivity contribution is 7.85. The molecule has 0 bridgehead atoms. The number of carbonyl (C=O) groups is 1. The van der Waals surface area contributed by atoms with Gasteiger partial charge in [-0.05, 0) is 92.1 Å². The fourth-order valence-electron chi connectivity index (χ4n) is 6.22. The Labute approximate surface area is 280 Å². The first kappa shape index (κ1) is 33.8. The number of anilines is 1. The minimum atomic E-state index is -1.32. The molecule has 1 aromatic heterocycles. The second kappa shape index (κ2) is 13.7. The molecule has 1 atom stereocenters. The highest BCUT2D eigenvalue weighted by Crippen LogP contribution is 2.49. The van der Waals surface area contributed by atoms with Crippen LogP contribution in [0.4, 0.5) is 5.69 Å². The number of hydrogen-bond donors (Lipinski definition) is 2. The maximum atomic E-state index is 13.2. The van der Waals surface area contributed by atoms with Crippen LogP contribution in [0.5, 0.6) is 0 Å². The van der Waals surface area contributed by atoms with Crippen LogP contribution in [-0.4, -0.2) is 41.8 Å². The molecule has 8 heteroatoms. The van der Waals surface area contributed by atoms with Crippen LogP contribution >= 0.6 is 0 Å². The van der Waals surface area contributed by atoms with E-state index in [2.05, 4.69) is 71.1 Å². The van der Waals surface area contributed by atoms with Crippen molar-refractivity contribution in [1.82, 2.24) is 9.55 Å². The summed E-state index contributed by atoms with van der Waals surface area (Å²) in [7, 11) is -1.32. The molecule has 4 aromatic carbocycles. The van der Waals surface area contributed by atoms with Crippen LogP contribution in [-0.2, 0) is 35.3 Å². The molecule has 5 aromatic rings. The second-order valence-electron chi connectivity index (χ2n) is 13.2. The summed E-state index contributed by atoms with van der Waals surface area (Å²) in [5.41, 5.74) is 12.5. The van der Waals surface area contributed by atoms with Crippen molar-refractivity contribution in [2.24, 2.45) is 0 Å². The normalized spacial score (nSPS) is 12.9. The Balaban J connectivity index is 0.000000807. The number of aryl methyl sites for hydroxylation is 1. The maximum Gasteiger partial charge on any atom is 0.307 e. The summed E-state index contributed by atoms with van der Waals surface area (Å²) in [5.74, 6) is -0.886. The van der Waals surface area contributed by atoms with Gasteiger partial charge in [0.25, 0.3) is 0 Å². The molecule has 0 radical (unpaired) electrons. The Kier molecular flexibility index (Phi) is 9.84. The van der Waals surface area contributed by atoms with E-state index in [9.17, 15) is 14.1 Å². The Morgan fingerprint density at radius 2 is 1.55 bits per heavy atom. The summed E-state index contributed by atoms with van der Waals surface area (Å²) < 4.78 is 17.3. The maximum absolute atomic E-state index is 13.2. The van der Waals surface area contributed by atoms with Crippen molar-refractivity contribution >= 4 is 22.6 Å². The van der Waals surface area contributed by atoms with Crippen molar-refractivity contribution in [3.05, 3.63) is 119 Å². The number of aliphatic hydroxyl groups is 1. The van der Waals surface area contributed by atoms with Crippen LogP contribution in [0.25, 0.3) is 33.5 Å². The van der Waals surface area contributed by atoms with E-state index in [4.69, 9.17) is 5.11 Å². The van der Waals surface area contributed by atoms with Gasteiger partial charge in [0.15, 0.2) is 0 Å². The first-order valence-electron chi connectivity index (χ1n) is 15.7. The number of benzene rings is 4. The number of aliphatic carboxylic acids is 1. The van der Waals surface area contributed by atoms with Crippen LogP contribution < -0.4 is 4.31 Å². The van der Waals surface area contributed by atoms with Gasteiger partial charge in [-0.1, -0.05) is 72.3 Å². The van der Waals surface area contributed by atoms with E-state index >= 15 is 0 Å². The monoisotopic (exact) mass is 649 g/mol. The van der Waals surface area contributed by atoms with E-state index in [1.807, 2.05) is 48.9 Å². The number of nitrogens with zero attached hydrogens (tertiary/aromatic N) is 3. The predicted octanol–water partition coefficient (Wildman–Crippen LogP) is 7.88. The van der Waals surface area contributed by atoms with Crippen molar-refractivity contribution in [3.8, 4) is 33.5 Å². The highest BCUT2D eigenvalue weighted by Gasteiger charge is 2.32. The van der Waals surface area contributed by atoms with Crippen molar-refractivity contribution in [2.45, 2.75) is 66.7 Å². The lowest BCUT2D eigenvalue weighted by Gasteiger charge is -2.35. The van der Waals surface area contributed by atoms with E-state index in [-0.39, 0.29) is 6.42 Å². The van der Waals surface area contributed by atoms with Gasteiger partial charge in [0.2, 0.25) is 0 Å². The lowest BCUT2D eigenvalue weighted by Crippen LogP contribution is -2.30. The summed E-state index contributed by atoms with van der Waals surface area (Å²) in [6, 6.07) is 25.0. The molecule has 0 fully saturated rings. The standard InChI is InChI=1S/C35H33N3O3S.C4H10O/c1-22-10-12-26(13-11-22)33-24(3)34-29-15-14-27(31-18-36-21-37(31)19-25-8-6-5-7-9-25)16-28(29)20-38(42(4)41)35(34)23(2)30(33)17-32(39)40;1-4(2,3)5/h5-16,18,21H,17,19-20H2,1-4H3,(H,39,40);5H,1-3H3. The minimum Gasteiger partial charge on any atom is -0.481 e. The molecule has 1 aliphatic heterocycles.